The Bertz CT molecular complexity index is 350. The number of halogens is 1. The van der Waals surface area contributed by atoms with Crippen LogP contribution in [0.4, 0.5) is 4.39 Å². The van der Waals surface area contributed by atoms with Crippen molar-refractivity contribution in [3.05, 3.63) is 42.2 Å². The predicted octanol–water partition coefficient (Wildman–Crippen LogP) is 2.56. The number of rotatable bonds is 4. The number of thioether (sulfide) groups is 1. The maximum absolute atomic E-state index is 12.7. The van der Waals surface area contributed by atoms with E-state index in [-0.39, 0.29) is 5.82 Å². The molecule has 0 spiro atoms. The Balaban J connectivity index is 2.42. The van der Waals surface area contributed by atoms with Crippen LogP contribution in [0.1, 0.15) is 0 Å². The van der Waals surface area contributed by atoms with Gasteiger partial charge in [-0.2, -0.15) is 0 Å². The van der Waals surface area contributed by atoms with Gasteiger partial charge in [0.2, 0.25) is 0 Å². The molecule has 4 heteroatoms. The van der Waals surface area contributed by atoms with Gasteiger partial charge in [0.1, 0.15) is 5.82 Å². The van der Waals surface area contributed by atoms with Gasteiger partial charge < -0.3 is 5.11 Å². The number of carboxylic acids is 1. The Labute approximate surface area is 85.4 Å². The highest BCUT2D eigenvalue weighted by Crippen LogP contribution is 2.18. The highest BCUT2D eigenvalue weighted by molar-refractivity contribution is 7.99. The summed E-state index contributed by atoms with van der Waals surface area (Å²) in [5, 5.41) is 8.30. The quantitative estimate of drug-likeness (QED) is 0.615. The van der Waals surface area contributed by atoms with Gasteiger partial charge in [-0.1, -0.05) is 12.1 Å². The Kier molecular flexibility index (Phi) is 4.19. The van der Waals surface area contributed by atoms with Crippen LogP contribution < -0.4 is 0 Å². The van der Waals surface area contributed by atoms with E-state index in [0.29, 0.717) is 5.75 Å². The number of benzene rings is 1. The lowest BCUT2D eigenvalue weighted by Crippen LogP contribution is -1.86. The first-order valence-corrected chi connectivity index (χ1v) is 4.95. The molecule has 0 atom stereocenters. The van der Waals surface area contributed by atoms with Crippen molar-refractivity contribution in [2.24, 2.45) is 0 Å². The lowest BCUT2D eigenvalue weighted by molar-refractivity contribution is -0.131. The van der Waals surface area contributed by atoms with Gasteiger partial charge in [-0.25, -0.2) is 9.18 Å². The number of hydrogen-bond donors (Lipinski definition) is 1. The average molecular weight is 212 g/mol. The van der Waals surface area contributed by atoms with E-state index in [9.17, 15) is 9.18 Å². The number of carbonyl (C=O) groups is 1. The molecule has 0 heterocycles. The highest BCUT2D eigenvalue weighted by atomic mass is 32.2. The standard InChI is InChI=1S/C10H9FO2S/c11-8-3-1-4-9(7-8)14-6-2-5-10(12)13/h1-5,7H,6H2,(H,12,13)/b5-2+. The molecule has 1 aromatic carbocycles. The first-order valence-electron chi connectivity index (χ1n) is 3.96. The van der Waals surface area contributed by atoms with E-state index in [0.717, 1.165) is 11.0 Å². The topological polar surface area (TPSA) is 37.3 Å². The molecule has 0 radical (unpaired) electrons. The van der Waals surface area contributed by atoms with Crippen molar-refractivity contribution in [1.82, 2.24) is 0 Å². The van der Waals surface area contributed by atoms with E-state index in [1.807, 2.05) is 0 Å². The third kappa shape index (κ3) is 4.09. The van der Waals surface area contributed by atoms with Gasteiger partial charge in [0.25, 0.3) is 0 Å². The third-order valence-electron chi connectivity index (χ3n) is 1.40. The molecule has 0 aromatic heterocycles. The molecular formula is C10H9FO2S. The second-order valence-electron chi connectivity index (χ2n) is 2.51. The third-order valence-corrected chi connectivity index (χ3v) is 2.35. The van der Waals surface area contributed by atoms with Crippen LogP contribution in [-0.4, -0.2) is 16.8 Å². The molecule has 0 bridgehead atoms. The summed E-state index contributed by atoms with van der Waals surface area (Å²) in [7, 11) is 0. The number of hydrogen-bond acceptors (Lipinski definition) is 2. The fourth-order valence-electron chi connectivity index (χ4n) is 0.850. The van der Waals surface area contributed by atoms with E-state index in [1.54, 1.807) is 12.1 Å². The van der Waals surface area contributed by atoms with Gasteiger partial charge in [0, 0.05) is 16.7 Å². The fourth-order valence-corrected chi connectivity index (χ4v) is 1.61. The number of aliphatic carboxylic acids is 1. The minimum Gasteiger partial charge on any atom is -0.478 e. The molecular weight excluding hydrogens is 203 g/mol. The zero-order valence-electron chi connectivity index (χ0n) is 7.31. The molecule has 0 aliphatic rings. The van der Waals surface area contributed by atoms with Crippen LogP contribution in [0.15, 0.2) is 41.3 Å². The molecule has 0 saturated carbocycles. The molecule has 1 aromatic rings. The predicted molar refractivity (Wildman–Crippen MR) is 53.9 cm³/mol. The zero-order chi connectivity index (χ0) is 10.4. The van der Waals surface area contributed by atoms with Crippen molar-refractivity contribution in [1.29, 1.82) is 0 Å². The van der Waals surface area contributed by atoms with Gasteiger partial charge in [-0.05, 0) is 18.2 Å². The molecule has 74 valence electrons. The minimum absolute atomic E-state index is 0.280. The van der Waals surface area contributed by atoms with Crippen molar-refractivity contribution < 1.29 is 14.3 Å². The van der Waals surface area contributed by atoms with Crippen molar-refractivity contribution in [2.75, 3.05) is 5.75 Å². The van der Waals surface area contributed by atoms with Gasteiger partial charge in [0.05, 0.1) is 0 Å². The summed E-state index contributed by atoms with van der Waals surface area (Å²) in [6.07, 6.45) is 2.60. The van der Waals surface area contributed by atoms with Crippen LogP contribution in [0.3, 0.4) is 0 Å². The summed E-state index contributed by atoms with van der Waals surface area (Å²) in [5.41, 5.74) is 0. The second kappa shape index (κ2) is 5.44. The largest absolute Gasteiger partial charge is 0.478 e. The van der Waals surface area contributed by atoms with Crippen LogP contribution >= 0.6 is 11.8 Å². The summed E-state index contributed by atoms with van der Waals surface area (Å²) >= 11 is 1.39. The normalized spacial score (nSPS) is 10.6. The molecule has 0 amide bonds. The van der Waals surface area contributed by atoms with Gasteiger partial charge >= 0.3 is 5.97 Å². The van der Waals surface area contributed by atoms with E-state index in [4.69, 9.17) is 5.11 Å². The summed E-state index contributed by atoms with van der Waals surface area (Å²) in [4.78, 5) is 10.9. The Morgan fingerprint density at radius 3 is 3.00 bits per heavy atom. The van der Waals surface area contributed by atoms with Crippen LogP contribution in [-0.2, 0) is 4.79 Å². The average Bonchev–Trinajstić information content (AvgIpc) is 2.12. The Morgan fingerprint density at radius 1 is 1.57 bits per heavy atom. The summed E-state index contributed by atoms with van der Waals surface area (Å²) in [6.45, 7) is 0. The molecule has 0 aliphatic carbocycles. The van der Waals surface area contributed by atoms with Crippen molar-refractivity contribution >= 4 is 17.7 Å². The summed E-state index contributed by atoms with van der Waals surface area (Å²) in [5.74, 6) is -0.725. The lowest BCUT2D eigenvalue weighted by atomic mass is 10.4. The van der Waals surface area contributed by atoms with Crippen LogP contribution in [0.5, 0.6) is 0 Å². The summed E-state index contributed by atoms with van der Waals surface area (Å²) < 4.78 is 12.7. The van der Waals surface area contributed by atoms with Crippen LogP contribution in [0, 0.1) is 5.82 Å². The Hall–Kier alpha value is -1.29. The molecule has 14 heavy (non-hydrogen) atoms. The molecule has 0 unspecified atom stereocenters. The van der Waals surface area contributed by atoms with Gasteiger partial charge in [-0.3, -0.25) is 0 Å². The fraction of sp³-hybridized carbons (Fsp3) is 0.100. The summed E-state index contributed by atoms with van der Waals surface area (Å²) in [6, 6.07) is 6.19. The monoisotopic (exact) mass is 212 g/mol. The molecule has 0 saturated heterocycles. The van der Waals surface area contributed by atoms with Gasteiger partial charge in [-0.15, -0.1) is 11.8 Å². The maximum Gasteiger partial charge on any atom is 0.328 e. The number of carboxylic acid groups (broad SMARTS) is 1. The molecule has 0 aliphatic heterocycles. The maximum atomic E-state index is 12.7. The van der Waals surface area contributed by atoms with Crippen LogP contribution in [0.25, 0.3) is 0 Å². The van der Waals surface area contributed by atoms with Crippen molar-refractivity contribution in [3.8, 4) is 0 Å². The van der Waals surface area contributed by atoms with E-state index in [2.05, 4.69) is 0 Å². The molecule has 1 rings (SSSR count). The first-order chi connectivity index (χ1) is 6.68. The molecule has 1 N–H and O–H groups in total. The van der Waals surface area contributed by atoms with E-state index in [1.165, 1.54) is 30.0 Å². The lowest BCUT2D eigenvalue weighted by Gasteiger charge is -1.96. The zero-order valence-corrected chi connectivity index (χ0v) is 8.13. The smallest absolute Gasteiger partial charge is 0.328 e. The van der Waals surface area contributed by atoms with Crippen molar-refractivity contribution in [3.63, 3.8) is 0 Å². The molecule has 2 nitrogen and oxygen atoms in total. The van der Waals surface area contributed by atoms with Crippen LogP contribution in [0.2, 0.25) is 0 Å². The Morgan fingerprint density at radius 2 is 2.36 bits per heavy atom. The van der Waals surface area contributed by atoms with E-state index < -0.39 is 5.97 Å². The minimum atomic E-state index is -0.968. The highest BCUT2D eigenvalue weighted by Gasteiger charge is 1.94. The first kappa shape index (κ1) is 10.8. The van der Waals surface area contributed by atoms with Gasteiger partial charge in [0.15, 0.2) is 0 Å². The second-order valence-corrected chi connectivity index (χ2v) is 3.60. The van der Waals surface area contributed by atoms with E-state index >= 15 is 0 Å². The molecule has 0 fully saturated rings. The SMILES string of the molecule is O=C(O)/C=C/CSc1cccc(F)c1. The van der Waals surface area contributed by atoms with Crippen molar-refractivity contribution in [2.45, 2.75) is 4.90 Å².